The van der Waals surface area contributed by atoms with Crippen molar-refractivity contribution in [2.24, 2.45) is 0 Å². The number of carbonyl (C=O) groups excluding carboxylic acids is 2. The van der Waals surface area contributed by atoms with Gasteiger partial charge in [-0.1, -0.05) is 4.98 Å². The van der Waals surface area contributed by atoms with Gasteiger partial charge in [-0.3, -0.25) is 14.1 Å². The number of aromatic nitrogens is 2. The molecule has 0 spiro atoms. The first-order chi connectivity index (χ1) is 11.7. The summed E-state index contributed by atoms with van der Waals surface area (Å²) in [6.45, 7) is 3.17. The number of rotatable bonds is 6. The normalized spacial score (nSPS) is 17.1. The fraction of sp³-hybridized carbons (Fsp3) is 0.500. The lowest BCUT2D eigenvalue weighted by Gasteiger charge is -2.20. The van der Waals surface area contributed by atoms with Crippen molar-refractivity contribution in [1.82, 2.24) is 15.6 Å². The van der Waals surface area contributed by atoms with Crippen LogP contribution in [0, 0.1) is 0 Å². The van der Waals surface area contributed by atoms with E-state index in [1.54, 1.807) is 18.7 Å². The summed E-state index contributed by atoms with van der Waals surface area (Å²) in [6, 6.07) is 1.32. The Bertz CT molecular complexity index is 780. The molecule has 1 fully saturated rings. The van der Waals surface area contributed by atoms with Crippen molar-refractivity contribution in [2.45, 2.75) is 12.2 Å². The average Bonchev–Trinajstić information content (AvgIpc) is 2.55. The van der Waals surface area contributed by atoms with E-state index in [0.29, 0.717) is 17.0 Å². The largest absolute Gasteiger partial charge is 0.870 e. The van der Waals surface area contributed by atoms with Crippen LogP contribution in [0.5, 0.6) is 0 Å². The molecule has 0 bridgehead atoms. The first-order valence-corrected chi connectivity index (χ1v) is 9.69. The zero-order valence-electron chi connectivity index (χ0n) is 13.7. The Morgan fingerprint density at radius 3 is 2.81 bits per heavy atom. The smallest absolute Gasteiger partial charge is 0.476 e. The van der Waals surface area contributed by atoms with Gasteiger partial charge >= 0.3 is 22.0 Å². The lowest BCUT2D eigenvalue weighted by molar-refractivity contribution is -0.848. The number of carbonyl (C=O) groups is 2. The predicted octanol–water partition coefficient (Wildman–Crippen LogP) is -2.30. The van der Waals surface area contributed by atoms with Crippen LogP contribution in [0.1, 0.15) is 28.5 Å². The molecule has 1 aromatic heterocycles. The van der Waals surface area contributed by atoms with Gasteiger partial charge in [0.2, 0.25) is 0 Å². The molecule has 2 heterocycles. The average molecular weight is 409 g/mol. The molecule has 146 valence electrons. The number of ketones is 1. The fourth-order valence-electron chi connectivity index (χ4n) is 2.11. The molecule has 1 aliphatic rings. The number of hydrogen-bond acceptors (Lipinski definition) is 10. The summed E-state index contributed by atoms with van der Waals surface area (Å²) < 4.78 is 35.5. The Hall–Kier alpha value is -2.00. The van der Waals surface area contributed by atoms with E-state index in [0.717, 1.165) is 12.3 Å². The second-order valence-corrected chi connectivity index (χ2v) is 7.29. The third kappa shape index (κ3) is 5.50. The number of hydrogen-bond donors (Lipinski definition) is 4. The van der Waals surface area contributed by atoms with E-state index in [1.807, 2.05) is 0 Å². The Labute approximate surface area is 153 Å². The van der Waals surface area contributed by atoms with Crippen molar-refractivity contribution in [3.63, 3.8) is 0 Å². The summed E-state index contributed by atoms with van der Waals surface area (Å²) >= 11 is 1.57. The maximum absolute atomic E-state index is 12.3. The molecule has 1 aromatic rings. The lowest BCUT2D eigenvalue weighted by Crippen LogP contribution is -2.55. The number of Topliss-reactive ketones (excluding diaryl/α,β-unsaturated/α-hetero) is 1. The number of anilines is 1. The Balaban J connectivity index is 0.00000338. The maximum Gasteiger partial charge on any atom is 0.476 e. The van der Waals surface area contributed by atoms with Gasteiger partial charge in [0.15, 0.2) is 0 Å². The molecule has 2 rings (SSSR count). The molecule has 0 aliphatic carbocycles. The number of nitrogens with two attached hydrogens (primary N) is 1. The zero-order valence-corrected chi connectivity index (χ0v) is 15.3. The summed E-state index contributed by atoms with van der Waals surface area (Å²) in [5.74, 6) is -2.30. The summed E-state index contributed by atoms with van der Waals surface area (Å²) in [7, 11) is -4.99. The highest BCUT2D eigenvalue weighted by molar-refractivity contribution is 7.99. The van der Waals surface area contributed by atoms with E-state index in [1.165, 1.54) is 6.07 Å². The summed E-state index contributed by atoms with van der Waals surface area (Å²) in [5, 5.41) is 5.30. The molecule has 0 aromatic carbocycles. The van der Waals surface area contributed by atoms with Crippen molar-refractivity contribution in [1.29, 1.82) is 0 Å². The van der Waals surface area contributed by atoms with Gasteiger partial charge in [0.25, 0.3) is 11.7 Å². The molecular weight excluding hydrogens is 390 g/mol. The van der Waals surface area contributed by atoms with Crippen LogP contribution in [-0.2, 0) is 15.2 Å². The number of amides is 1. The third-order valence-electron chi connectivity index (χ3n) is 3.13. The maximum atomic E-state index is 12.3. The molecule has 14 heteroatoms. The van der Waals surface area contributed by atoms with Crippen molar-refractivity contribution < 1.29 is 37.1 Å². The van der Waals surface area contributed by atoms with Crippen LogP contribution in [0.4, 0.5) is 5.82 Å². The standard InChI is InChI=1S/C12H17N5O6S2.H2O/c1-2-15-12(19)10(18)11-16-7(8-6-14-3-4-24-8)5-9(13)17(11)23-25(20,21)22;/h5,8,13-14H,2-4,6H2,1H3,(H2,15,19,20,21,22);1H2. The van der Waals surface area contributed by atoms with E-state index in [-0.39, 0.29) is 23.1 Å². The van der Waals surface area contributed by atoms with Gasteiger partial charge in [-0.15, -0.1) is 11.8 Å². The number of nitrogens with zero attached hydrogens (tertiary/aromatic N) is 2. The van der Waals surface area contributed by atoms with Gasteiger partial charge in [0.1, 0.15) is 5.69 Å². The van der Waals surface area contributed by atoms with Crippen LogP contribution >= 0.6 is 11.8 Å². The van der Waals surface area contributed by atoms with E-state index < -0.39 is 27.9 Å². The molecule has 1 saturated heterocycles. The van der Waals surface area contributed by atoms with Gasteiger partial charge in [-0.25, -0.2) is 4.28 Å². The zero-order chi connectivity index (χ0) is 18.6. The van der Waals surface area contributed by atoms with E-state index in [9.17, 15) is 18.0 Å². The van der Waals surface area contributed by atoms with Crippen molar-refractivity contribution in [3.8, 4) is 0 Å². The Kier molecular flexibility index (Phi) is 7.70. The monoisotopic (exact) mass is 409 g/mol. The van der Waals surface area contributed by atoms with E-state index in [4.69, 9.17) is 10.3 Å². The van der Waals surface area contributed by atoms with E-state index in [2.05, 4.69) is 19.9 Å². The lowest BCUT2D eigenvalue weighted by atomic mass is 10.2. The molecular formula is C12H19N5O7S2. The van der Waals surface area contributed by atoms with Crippen LogP contribution in [-0.4, -0.2) is 60.5 Å². The highest BCUT2D eigenvalue weighted by Crippen LogP contribution is 2.29. The van der Waals surface area contributed by atoms with Gasteiger partial charge in [0.05, 0.1) is 11.3 Å². The number of likely N-dealkylation sites (N-methyl/N-ethyl adjacent to an activating group) is 1. The van der Waals surface area contributed by atoms with Gasteiger partial charge in [-0.2, -0.15) is 8.42 Å². The summed E-state index contributed by atoms with van der Waals surface area (Å²) in [5.41, 5.74) is 6.14. The van der Waals surface area contributed by atoms with Crippen LogP contribution < -0.4 is 25.4 Å². The molecule has 1 atom stereocenters. The minimum absolute atomic E-state index is 0. The first kappa shape index (κ1) is 22.0. The van der Waals surface area contributed by atoms with Crippen molar-refractivity contribution >= 4 is 39.7 Å². The minimum Gasteiger partial charge on any atom is -0.870 e. The van der Waals surface area contributed by atoms with Crippen molar-refractivity contribution in [3.05, 3.63) is 17.6 Å². The molecule has 1 aliphatic heterocycles. The molecule has 0 radical (unpaired) electrons. The molecule has 1 unspecified atom stereocenters. The minimum atomic E-state index is -4.99. The van der Waals surface area contributed by atoms with Gasteiger partial charge in [-0.05, 0) is 11.7 Å². The highest BCUT2D eigenvalue weighted by Gasteiger charge is 2.34. The van der Waals surface area contributed by atoms with Crippen LogP contribution in [0.2, 0.25) is 0 Å². The quantitative estimate of drug-likeness (QED) is 0.171. The molecule has 6 N–H and O–H groups in total. The number of nitrogens with one attached hydrogen (secondary N) is 2. The van der Waals surface area contributed by atoms with Crippen LogP contribution in [0.25, 0.3) is 0 Å². The topological polar surface area (TPSA) is 195 Å². The Morgan fingerprint density at radius 1 is 1.58 bits per heavy atom. The van der Waals surface area contributed by atoms with Gasteiger partial charge in [0, 0.05) is 25.4 Å². The third-order valence-corrected chi connectivity index (χ3v) is 4.72. The summed E-state index contributed by atoms with van der Waals surface area (Å²) in [4.78, 5) is 28.2. The SMILES string of the molecule is CCNC(=O)C(=O)c1nc(C2CNCCS2)cc(N)[n+]1OS(=O)(=O)O.[OH-]. The highest BCUT2D eigenvalue weighted by atomic mass is 32.3. The van der Waals surface area contributed by atoms with E-state index >= 15 is 0 Å². The predicted molar refractivity (Wildman–Crippen MR) is 90.0 cm³/mol. The van der Waals surface area contributed by atoms with Crippen LogP contribution in [0.3, 0.4) is 0 Å². The summed E-state index contributed by atoms with van der Waals surface area (Å²) in [6.07, 6.45) is 0. The number of thioether (sulfide) groups is 1. The first-order valence-electron chi connectivity index (χ1n) is 7.27. The second-order valence-electron chi connectivity index (χ2n) is 4.98. The number of nitrogen functional groups attached to an aromatic ring is 1. The van der Waals surface area contributed by atoms with Crippen LogP contribution in [0.15, 0.2) is 6.07 Å². The molecule has 0 saturated carbocycles. The molecule has 12 nitrogen and oxygen atoms in total. The second kappa shape index (κ2) is 9.09. The fourth-order valence-corrected chi connectivity index (χ4v) is 3.53. The molecule has 26 heavy (non-hydrogen) atoms. The van der Waals surface area contributed by atoms with Gasteiger partial charge < -0.3 is 21.8 Å². The Morgan fingerprint density at radius 2 is 2.27 bits per heavy atom. The van der Waals surface area contributed by atoms with Crippen molar-refractivity contribution in [2.75, 3.05) is 31.1 Å². The molecule has 1 amide bonds.